The van der Waals surface area contributed by atoms with E-state index in [2.05, 4.69) is 38.3 Å². The molecule has 1 heterocycles. The Labute approximate surface area is 127 Å². The first-order valence-corrected chi connectivity index (χ1v) is 8.11. The lowest BCUT2D eigenvalue weighted by Crippen LogP contribution is -2.22. The van der Waals surface area contributed by atoms with Crippen LogP contribution in [0.5, 0.6) is 0 Å². The molecular weight excluding hydrogens is 258 g/mol. The molecule has 0 aliphatic heterocycles. The van der Waals surface area contributed by atoms with Crippen LogP contribution >= 0.6 is 0 Å². The summed E-state index contributed by atoms with van der Waals surface area (Å²) in [5.74, 6) is 1.19. The highest BCUT2D eigenvalue weighted by molar-refractivity contribution is 5.80. The Morgan fingerprint density at radius 1 is 1.29 bits per heavy atom. The predicted octanol–water partition coefficient (Wildman–Crippen LogP) is 4.50. The summed E-state index contributed by atoms with van der Waals surface area (Å²) in [5.41, 5.74) is 9.56. The number of benzene rings is 1. The Hall–Kier alpha value is -1.51. The Bertz CT molecular complexity index is 657. The molecular formula is C18H27N3. The Kier molecular flexibility index (Phi) is 3.27. The fraction of sp³-hybridized carbons (Fsp3) is 0.611. The smallest absolute Gasteiger partial charge is 0.115 e. The molecule has 1 aliphatic rings. The van der Waals surface area contributed by atoms with Crippen molar-refractivity contribution in [3.63, 3.8) is 0 Å². The molecule has 2 aromatic rings. The zero-order chi connectivity index (χ0) is 15.3. The van der Waals surface area contributed by atoms with E-state index in [0.717, 1.165) is 17.7 Å². The highest BCUT2D eigenvalue weighted by atomic mass is 15.1. The minimum absolute atomic E-state index is 0.0517. The quantitative estimate of drug-likeness (QED) is 0.841. The maximum atomic E-state index is 5.93. The zero-order valence-electron chi connectivity index (χ0n) is 13.7. The third-order valence-electron chi connectivity index (χ3n) is 4.67. The Balaban J connectivity index is 2.10. The summed E-state index contributed by atoms with van der Waals surface area (Å²) in [7, 11) is 0. The summed E-state index contributed by atoms with van der Waals surface area (Å²) in [4.78, 5) is 4.90. The van der Waals surface area contributed by atoms with Crippen molar-refractivity contribution in [2.24, 2.45) is 5.41 Å². The lowest BCUT2D eigenvalue weighted by atomic mass is 9.94. The average molecular weight is 285 g/mol. The number of nitrogens with two attached hydrogens (primary N) is 1. The largest absolute Gasteiger partial charge is 0.399 e. The van der Waals surface area contributed by atoms with Gasteiger partial charge in [0.05, 0.1) is 11.0 Å². The van der Waals surface area contributed by atoms with Crippen LogP contribution in [0, 0.1) is 5.41 Å². The summed E-state index contributed by atoms with van der Waals surface area (Å²) >= 11 is 0. The number of aromatic nitrogens is 2. The van der Waals surface area contributed by atoms with Gasteiger partial charge < -0.3 is 10.3 Å². The van der Waals surface area contributed by atoms with Crippen molar-refractivity contribution in [1.29, 1.82) is 0 Å². The first kappa shape index (κ1) is 14.4. The lowest BCUT2D eigenvalue weighted by molar-refractivity contribution is 0.371. The normalized spacial score (nSPS) is 17.3. The average Bonchev–Trinajstić information content (AvgIpc) is 3.03. The first-order chi connectivity index (χ1) is 9.85. The van der Waals surface area contributed by atoms with E-state index in [0.29, 0.717) is 5.41 Å². The van der Waals surface area contributed by atoms with Gasteiger partial charge in [-0.1, -0.05) is 34.1 Å². The highest BCUT2D eigenvalue weighted by Gasteiger charge is 2.43. The van der Waals surface area contributed by atoms with Crippen molar-refractivity contribution in [2.45, 2.75) is 65.3 Å². The monoisotopic (exact) mass is 285 g/mol. The predicted molar refractivity (Wildman–Crippen MR) is 89.4 cm³/mol. The zero-order valence-corrected chi connectivity index (χ0v) is 13.7. The highest BCUT2D eigenvalue weighted by Crippen LogP contribution is 2.51. The second-order valence-electron chi connectivity index (χ2n) is 7.77. The third kappa shape index (κ3) is 2.66. The van der Waals surface area contributed by atoms with Crippen LogP contribution in [0.3, 0.4) is 0 Å². The van der Waals surface area contributed by atoms with Crippen LogP contribution in [0.2, 0.25) is 0 Å². The fourth-order valence-electron chi connectivity index (χ4n) is 3.41. The molecule has 2 N–H and O–H groups in total. The van der Waals surface area contributed by atoms with E-state index in [1.54, 1.807) is 0 Å². The molecule has 1 aromatic carbocycles. The van der Waals surface area contributed by atoms with Gasteiger partial charge in [-0.15, -0.1) is 0 Å². The number of nitrogen functional groups attached to an aromatic ring is 1. The SMILES string of the molecule is CCCC1(Cn2c(C(C)(C)C)nc3cc(N)ccc32)CC1. The van der Waals surface area contributed by atoms with E-state index < -0.39 is 0 Å². The molecule has 1 fully saturated rings. The van der Waals surface area contributed by atoms with Gasteiger partial charge in [-0.05, 0) is 42.9 Å². The van der Waals surface area contributed by atoms with E-state index in [1.165, 1.54) is 37.0 Å². The molecule has 1 aromatic heterocycles. The van der Waals surface area contributed by atoms with Gasteiger partial charge >= 0.3 is 0 Å². The van der Waals surface area contributed by atoms with Crippen molar-refractivity contribution < 1.29 is 0 Å². The number of anilines is 1. The number of fused-ring (bicyclic) bond motifs is 1. The minimum atomic E-state index is 0.0517. The molecule has 1 saturated carbocycles. The number of hydrogen-bond acceptors (Lipinski definition) is 2. The third-order valence-corrected chi connectivity index (χ3v) is 4.67. The molecule has 0 spiro atoms. The summed E-state index contributed by atoms with van der Waals surface area (Å²) in [5, 5.41) is 0. The van der Waals surface area contributed by atoms with E-state index in [-0.39, 0.29) is 5.41 Å². The van der Waals surface area contributed by atoms with Gasteiger partial charge in [-0.2, -0.15) is 0 Å². The van der Waals surface area contributed by atoms with E-state index >= 15 is 0 Å². The van der Waals surface area contributed by atoms with Crippen LogP contribution in [-0.4, -0.2) is 9.55 Å². The van der Waals surface area contributed by atoms with E-state index in [4.69, 9.17) is 10.7 Å². The Morgan fingerprint density at radius 3 is 2.57 bits per heavy atom. The lowest BCUT2D eigenvalue weighted by Gasteiger charge is -2.23. The standard InChI is InChI=1S/C18H27N3/c1-5-8-18(9-10-18)12-21-15-7-6-13(19)11-14(15)20-16(21)17(2,3)4/h6-7,11H,5,8-10,12,19H2,1-4H3. The summed E-state index contributed by atoms with van der Waals surface area (Å²) < 4.78 is 2.46. The van der Waals surface area contributed by atoms with Crippen molar-refractivity contribution >= 4 is 16.7 Å². The number of imidazole rings is 1. The molecule has 3 rings (SSSR count). The maximum Gasteiger partial charge on any atom is 0.115 e. The molecule has 114 valence electrons. The van der Waals surface area contributed by atoms with Gasteiger partial charge in [0.2, 0.25) is 0 Å². The number of hydrogen-bond donors (Lipinski definition) is 1. The second-order valence-corrected chi connectivity index (χ2v) is 7.77. The van der Waals surface area contributed by atoms with E-state index in [1.807, 2.05) is 12.1 Å². The summed E-state index contributed by atoms with van der Waals surface area (Å²) in [6.07, 6.45) is 5.31. The Morgan fingerprint density at radius 2 is 2.00 bits per heavy atom. The topological polar surface area (TPSA) is 43.8 Å². The maximum absolute atomic E-state index is 5.93. The van der Waals surface area contributed by atoms with Gasteiger partial charge in [0, 0.05) is 17.6 Å². The molecule has 0 bridgehead atoms. The van der Waals surface area contributed by atoms with Crippen LogP contribution in [0.15, 0.2) is 18.2 Å². The van der Waals surface area contributed by atoms with Crippen molar-refractivity contribution in [2.75, 3.05) is 5.73 Å². The van der Waals surface area contributed by atoms with Gasteiger partial charge in [0.15, 0.2) is 0 Å². The van der Waals surface area contributed by atoms with Gasteiger partial charge in [-0.25, -0.2) is 4.98 Å². The molecule has 0 radical (unpaired) electrons. The van der Waals surface area contributed by atoms with Gasteiger partial charge in [-0.3, -0.25) is 0 Å². The molecule has 3 nitrogen and oxygen atoms in total. The molecule has 0 unspecified atom stereocenters. The van der Waals surface area contributed by atoms with Crippen LogP contribution < -0.4 is 5.73 Å². The summed E-state index contributed by atoms with van der Waals surface area (Å²) in [6.45, 7) is 10.1. The van der Waals surface area contributed by atoms with Crippen LogP contribution in [0.4, 0.5) is 5.69 Å². The molecule has 0 atom stereocenters. The molecule has 3 heteroatoms. The van der Waals surface area contributed by atoms with E-state index in [9.17, 15) is 0 Å². The molecule has 1 aliphatic carbocycles. The van der Waals surface area contributed by atoms with Crippen LogP contribution in [0.25, 0.3) is 11.0 Å². The minimum Gasteiger partial charge on any atom is -0.399 e. The van der Waals surface area contributed by atoms with Crippen molar-refractivity contribution in [3.05, 3.63) is 24.0 Å². The van der Waals surface area contributed by atoms with Crippen LogP contribution in [0.1, 0.15) is 59.2 Å². The molecule has 21 heavy (non-hydrogen) atoms. The van der Waals surface area contributed by atoms with Crippen molar-refractivity contribution in [1.82, 2.24) is 9.55 Å². The number of rotatable bonds is 4. The fourth-order valence-corrected chi connectivity index (χ4v) is 3.41. The first-order valence-electron chi connectivity index (χ1n) is 8.11. The van der Waals surface area contributed by atoms with Crippen molar-refractivity contribution in [3.8, 4) is 0 Å². The molecule has 0 saturated heterocycles. The van der Waals surface area contributed by atoms with Gasteiger partial charge in [0.25, 0.3) is 0 Å². The number of nitrogens with zero attached hydrogens (tertiary/aromatic N) is 2. The second kappa shape index (κ2) is 4.75. The molecule has 0 amide bonds. The van der Waals surface area contributed by atoms with Crippen LogP contribution in [-0.2, 0) is 12.0 Å². The summed E-state index contributed by atoms with van der Waals surface area (Å²) in [6, 6.07) is 6.13. The van der Waals surface area contributed by atoms with Gasteiger partial charge in [0.1, 0.15) is 5.82 Å².